The summed E-state index contributed by atoms with van der Waals surface area (Å²) in [5.74, 6) is 4.44. The summed E-state index contributed by atoms with van der Waals surface area (Å²) in [4.78, 5) is 37.8. The number of amides is 1. The van der Waals surface area contributed by atoms with Gasteiger partial charge in [0.05, 0.1) is 22.2 Å². The van der Waals surface area contributed by atoms with Gasteiger partial charge in [-0.2, -0.15) is 0 Å². The van der Waals surface area contributed by atoms with Crippen LogP contribution < -0.4 is 16.8 Å². The fourth-order valence-corrected chi connectivity index (χ4v) is 1.76. The third kappa shape index (κ3) is 2.21. The first-order valence-corrected chi connectivity index (χ1v) is 5.61. The number of carbonyl (C=O) groups excluding carboxylic acids is 1. The minimum atomic E-state index is -0.872. The van der Waals surface area contributed by atoms with Gasteiger partial charge in [-0.05, 0) is 13.0 Å². The molecule has 3 N–H and O–H groups in total. The van der Waals surface area contributed by atoms with E-state index in [1.165, 1.54) is 25.4 Å². The van der Waals surface area contributed by atoms with Gasteiger partial charge in [-0.25, -0.2) is 10.8 Å². The highest BCUT2D eigenvalue weighted by Gasteiger charge is 2.17. The number of aromatic nitrogens is 2. The van der Waals surface area contributed by atoms with Crippen molar-refractivity contribution in [3.63, 3.8) is 0 Å². The fraction of sp³-hybridized carbons (Fsp3) is 0.182. The van der Waals surface area contributed by atoms with E-state index in [4.69, 9.17) is 5.84 Å². The molecule has 1 unspecified atom stereocenters. The molecule has 20 heavy (non-hydrogen) atoms. The predicted octanol–water partition coefficient (Wildman–Crippen LogP) is -0.144. The molecule has 0 fully saturated rings. The van der Waals surface area contributed by atoms with E-state index in [-0.39, 0.29) is 11.1 Å². The highest BCUT2D eigenvalue weighted by molar-refractivity contribution is 5.82. The van der Waals surface area contributed by atoms with Gasteiger partial charge in [-0.1, -0.05) is 0 Å². The summed E-state index contributed by atoms with van der Waals surface area (Å²) in [5.41, 5.74) is 1.49. The Morgan fingerprint density at radius 2 is 2.25 bits per heavy atom. The van der Waals surface area contributed by atoms with Gasteiger partial charge in [-0.15, -0.1) is 0 Å². The summed E-state index contributed by atoms with van der Waals surface area (Å²) in [5, 5.41) is 10.8. The minimum Gasteiger partial charge on any atom is -0.292 e. The van der Waals surface area contributed by atoms with Crippen molar-refractivity contribution in [3.05, 3.63) is 45.0 Å². The molecule has 9 nitrogen and oxygen atoms in total. The molecule has 2 rings (SSSR count). The lowest BCUT2D eigenvalue weighted by atomic mass is 10.2. The molecule has 0 radical (unpaired) electrons. The van der Waals surface area contributed by atoms with Crippen LogP contribution in [0.5, 0.6) is 0 Å². The summed E-state index contributed by atoms with van der Waals surface area (Å²) in [7, 11) is 0. The quantitative estimate of drug-likeness (QED) is 0.347. The number of hydrogen-bond acceptors (Lipinski definition) is 6. The normalized spacial score (nSPS) is 12.1. The zero-order valence-electron chi connectivity index (χ0n) is 10.4. The first kappa shape index (κ1) is 13.6. The van der Waals surface area contributed by atoms with Crippen LogP contribution in [0.2, 0.25) is 0 Å². The van der Waals surface area contributed by atoms with Crippen molar-refractivity contribution in [3.8, 4) is 0 Å². The number of fused-ring (bicyclic) bond motifs is 1. The van der Waals surface area contributed by atoms with Crippen LogP contribution in [0.3, 0.4) is 0 Å². The van der Waals surface area contributed by atoms with Crippen molar-refractivity contribution >= 4 is 22.5 Å². The molecule has 0 spiro atoms. The second-order valence-electron chi connectivity index (χ2n) is 4.10. The lowest BCUT2D eigenvalue weighted by Gasteiger charge is -2.13. The first-order chi connectivity index (χ1) is 9.45. The average Bonchev–Trinajstić information content (AvgIpc) is 2.45. The summed E-state index contributed by atoms with van der Waals surface area (Å²) in [6.45, 7) is 1.47. The summed E-state index contributed by atoms with van der Waals surface area (Å²) >= 11 is 0. The standard InChI is InChI=1S/C11H11N5O4/c1-6(10(17)14-12)15-5-13-9-3-2-7(16(19)20)4-8(9)11(15)18/h2-6H,12H2,1H3,(H,14,17). The highest BCUT2D eigenvalue weighted by Crippen LogP contribution is 2.16. The lowest BCUT2D eigenvalue weighted by molar-refractivity contribution is -0.384. The number of nitrogens with zero attached hydrogens (tertiary/aromatic N) is 3. The molecular formula is C11H11N5O4. The monoisotopic (exact) mass is 277 g/mol. The van der Waals surface area contributed by atoms with Gasteiger partial charge in [0.1, 0.15) is 6.04 Å². The largest absolute Gasteiger partial charge is 0.292 e. The van der Waals surface area contributed by atoms with Crippen LogP contribution in [0, 0.1) is 10.1 Å². The number of nitrogens with two attached hydrogens (primary N) is 1. The van der Waals surface area contributed by atoms with Crippen LogP contribution in [-0.2, 0) is 4.79 Å². The number of nitrogens with one attached hydrogen (secondary N) is 1. The van der Waals surface area contributed by atoms with Crippen molar-refractivity contribution in [2.45, 2.75) is 13.0 Å². The minimum absolute atomic E-state index is 0.0679. The van der Waals surface area contributed by atoms with Gasteiger partial charge in [0.25, 0.3) is 17.2 Å². The molecule has 2 aromatic rings. The highest BCUT2D eigenvalue weighted by atomic mass is 16.6. The molecule has 1 atom stereocenters. The maximum atomic E-state index is 12.2. The molecule has 1 aromatic carbocycles. The molecule has 0 aliphatic carbocycles. The molecule has 0 saturated heterocycles. The van der Waals surface area contributed by atoms with Crippen molar-refractivity contribution in [2.75, 3.05) is 0 Å². The van der Waals surface area contributed by atoms with Crippen molar-refractivity contribution in [1.82, 2.24) is 15.0 Å². The fourth-order valence-electron chi connectivity index (χ4n) is 1.76. The van der Waals surface area contributed by atoms with Gasteiger partial charge < -0.3 is 0 Å². The molecule has 1 aromatic heterocycles. The van der Waals surface area contributed by atoms with Crippen LogP contribution in [-0.4, -0.2) is 20.4 Å². The van der Waals surface area contributed by atoms with Crippen molar-refractivity contribution in [1.29, 1.82) is 0 Å². The smallest absolute Gasteiger partial charge is 0.270 e. The van der Waals surface area contributed by atoms with Crippen LogP contribution in [0.4, 0.5) is 5.69 Å². The predicted molar refractivity (Wildman–Crippen MR) is 69.7 cm³/mol. The number of carbonyl (C=O) groups is 1. The molecule has 0 bridgehead atoms. The van der Waals surface area contributed by atoms with E-state index in [1.807, 2.05) is 5.43 Å². The molecule has 0 aliphatic rings. The van der Waals surface area contributed by atoms with Crippen LogP contribution >= 0.6 is 0 Å². The van der Waals surface area contributed by atoms with Crippen LogP contribution in [0.25, 0.3) is 10.9 Å². The Kier molecular flexibility index (Phi) is 3.44. The van der Waals surface area contributed by atoms with Crippen LogP contribution in [0.1, 0.15) is 13.0 Å². The first-order valence-electron chi connectivity index (χ1n) is 5.61. The number of non-ortho nitro benzene ring substituents is 1. The Morgan fingerprint density at radius 1 is 1.55 bits per heavy atom. The number of rotatable bonds is 3. The van der Waals surface area contributed by atoms with Gasteiger partial charge in [0, 0.05) is 12.1 Å². The van der Waals surface area contributed by atoms with E-state index in [2.05, 4.69) is 4.98 Å². The molecule has 9 heteroatoms. The van der Waals surface area contributed by atoms with Gasteiger partial charge in [0.15, 0.2) is 0 Å². The maximum Gasteiger partial charge on any atom is 0.270 e. The van der Waals surface area contributed by atoms with Crippen LogP contribution in [0.15, 0.2) is 29.3 Å². The second kappa shape index (κ2) is 5.05. The zero-order valence-corrected chi connectivity index (χ0v) is 10.4. The zero-order chi connectivity index (χ0) is 14.9. The van der Waals surface area contributed by atoms with Crippen molar-refractivity contribution in [2.24, 2.45) is 5.84 Å². The third-order valence-corrected chi connectivity index (χ3v) is 2.92. The van der Waals surface area contributed by atoms with Gasteiger partial charge in [-0.3, -0.25) is 29.7 Å². The van der Waals surface area contributed by atoms with E-state index < -0.39 is 22.4 Å². The molecule has 1 heterocycles. The Hall–Kier alpha value is -2.81. The SMILES string of the molecule is CC(C(=O)NN)n1cnc2ccc([N+](=O)[O-])cc2c1=O. The van der Waals surface area contributed by atoms with E-state index in [0.29, 0.717) is 5.52 Å². The summed E-state index contributed by atoms with van der Waals surface area (Å²) < 4.78 is 1.06. The number of nitro groups is 1. The summed E-state index contributed by atoms with van der Waals surface area (Å²) in [6.07, 6.45) is 1.20. The van der Waals surface area contributed by atoms with E-state index in [1.54, 1.807) is 0 Å². The number of hydrogen-bond donors (Lipinski definition) is 2. The molecule has 1 amide bonds. The van der Waals surface area contributed by atoms with Gasteiger partial charge in [0.2, 0.25) is 0 Å². The molecule has 0 saturated carbocycles. The number of hydrazine groups is 1. The Balaban J connectivity index is 2.66. The lowest BCUT2D eigenvalue weighted by Crippen LogP contribution is -2.39. The summed E-state index contributed by atoms with van der Waals surface area (Å²) in [6, 6.07) is 2.90. The second-order valence-corrected chi connectivity index (χ2v) is 4.10. The number of nitro benzene ring substituents is 1. The van der Waals surface area contributed by atoms with E-state index >= 15 is 0 Å². The van der Waals surface area contributed by atoms with E-state index in [0.717, 1.165) is 10.6 Å². The van der Waals surface area contributed by atoms with E-state index in [9.17, 15) is 19.7 Å². The Bertz CT molecular complexity index is 754. The topological polar surface area (TPSA) is 133 Å². The Labute approximate surface area is 112 Å². The number of benzene rings is 1. The molecular weight excluding hydrogens is 266 g/mol. The Morgan fingerprint density at radius 3 is 2.85 bits per heavy atom. The molecule has 104 valence electrons. The van der Waals surface area contributed by atoms with Crippen molar-refractivity contribution < 1.29 is 9.72 Å². The van der Waals surface area contributed by atoms with Gasteiger partial charge >= 0.3 is 0 Å². The molecule has 0 aliphatic heterocycles. The average molecular weight is 277 g/mol. The maximum absolute atomic E-state index is 12.2. The third-order valence-electron chi connectivity index (χ3n) is 2.92.